The van der Waals surface area contributed by atoms with Gasteiger partial charge in [-0.2, -0.15) is 0 Å². The number of methoxy groups -OCH3 is 1. The van der Waals surface area contributed by atoms with Crippen molar-refractivity contribution in [1.82, 2.24) is 10.2 Å². The van der Waals surface area contributed by atoms with Crippen LogP contribution in [0.3, 0.4) is 0 Å². The SMILES string of the molecule is CCCc1nnc(NC(=O)C(=O)OC)s1. The van der Waals surface area contributed by atoms with Gasteiger partial charge in [-0.05, 0) is 6.42 Å². The third-order valence-corrected chi connectivity index (χ3v) is 2.42. The number of esters is 1. The molecule has 1 rings (SSSR count). The molecule has 6 nitrogen and oxygen atoms in total. The molecule has 1 N–H and O–H groups in total. The van der Waals surface area contributed by atoms with Gasteiger partial charge in [-0.3, -0.25) is 10.1 Å². The van der Waals surface area contributed by atoms with Gasteiger partial charge in [0, 0.05) is 6.42 Å². The van der Waals surface area contributed by atoms with E-state index in [0.717, 1.165) is 25.0 Å². The molecule has 0 bridgehead atoms. The van der Waals surface area contributed by atoms with Crippen LogP contribution >= 0.6 is 11.3 Å². The first-order chi connectivity index (χ1) is 7.17. The first-order valence-electron chi connectivity index (χ1n) is 4.39. The third kappa shape index (κ3) is 3.28. The second-order valence-electron chi connectivity index (χ2n) is 2.70. The van der Waals surface area contributed by atoms with E-state index in [9.17, 15) is 9.59 Å². The van der Waals surface area contributed by atoms with Crippen LogP contribution in [0.4, 0.5) is 5.13 Å². The molecule has 0 aliphatic rings. The molecule has 0 atom stereocenters. The molecule has 0 unspecified atom stereocenters. The largest absolute Gasteiger partial charge is 0.462 e. The fourth-order valence-electron chi connectivity index (χ4n) is 0.860. The summed E-state index contributed by atoms with van der Waals surface area (Å²) in [6, 6.07) is 0. The van der Waals surface area contributed by atoms with Crippen LogP contribution in [0.2, 0.25) is 0 Å². The smallest absolute Gasteiger partial charge is 0.396 e. The Morgan fingerprint density at radius 2 is 2.20 bits per heavy atom. The first-order valence-corrected chi connectivity index (χ1v) is 5.20. The molecule has 0 aliphatic carbocycles. The van der Waals surface area contributed by atoms with Crippen molar-refractivity contribution in [2.75, 3.05) is 12.4 Å². The van der Waals surface area contributed by atoms with Crippen molar-refractivity contribution in [2.45, 2.75) is 19.8 Å². The van der Waals surface area contributed by atoms with Crippen molar-refractivity contribution in [2.24, 2.45) is 0 Å². The number of rotatable bonds is 3. The number of aromatic nitrogens is 2. The number of nitrogens with one attached hydrogen (secondary N) is 1. The predicted molar refractivity (Wildman–Crippen MR) is 54.5 cm³/mol. The van der Waals surface area contributed by atoms with Gasteiger partial charge in [0.15, 0.2) is 0 Å². The third-order valence-electron chi connectivity index (χ3n) is 1.52. The zero-order chi connectivity index (χ0) is 11.3. The van der Waals surface area contributed by atoms with Crippen molar-refractivity contribution in [3.8, 4) is 0 Å². The van der Waals surface area contributed by atoms with E-state index in [4.69, 9.17) is 0 Å². The molecule has 82 valence electrons. The van der Waals surface area contributed by atoms with E-state index in [1.165, 1.54) is 11.3 Å². The van der Waals surface area contributed by atoms with Gasteiger partial charge in [0.05, 0.1) is 7.11 Å². The summed E-state index contributed by atoms with van der Waals surface area (Å²) in [6.45, 7) is 2.02. The van der Waals surface area contributed by atoms with Gasteiger partial charge in [0.25, 0.3) is 0 Å². The second-order valence-corrected chi connectivity index (χ2v) is 3.76. The molecule has 0 fully saturated rings. The van der Waals surface area contributed by atoms with Crippen LogP contribution < -0.4 is 5.32 Å². The Bertz CT molecular complexity index is 364. The molecule has 0 saturated heterocycles. The van der Waals surface area contributed by atoms with Crippen molar-refractivity contribution in [3.63, 3.8) is 0 Å². The molecule has 0 saturated carbocycles. The highest BCUT2D eigenvalue weighted by Gasteiger charge is 2.15. The van der Waals surface area contributed by atoms with Crippen LogP contribution in [0.1, 0.15) is 18.4 Å². The maximum atomic E-state index is 11.1. The molecule has 7 heteroatoms. The van der Waals surface area contributed by atoms with Crippen LogP contribution in [0.5, 0.6) is 0 Å². The maximum absolute atomic E-state index is 11.1. The zero-order valence-corrected chi connectivity index (χ0v) is 9.26. The van der Waals surface area contributed by atoms with Crippen molar-refractivity contribution in [3.05, 3.63) is 5.01 Å². The van der Waals surface area contributed by atoms with Crippen LogP contribution in [-0.2, 0) is 20.7 Å². The fraction of sp³-hybridized carbons (Fsp3) is 0.500. The summed E-state index contributed by atoms with van der Waals surface area (Å²) >= 11 is 1.25. The summed E-state index contributed by atoms with van der Waals surface area (Å²) in [5.41, 5.74) is 0. The molecule has 1 amide bonds. The fourth-order valence-corrected chi connectivity index (χ4v) is 1.70. The van der Waals surface area contributed by atoms with Gasteiger partial charge in [-0.1, -0.05) is 18.3 Å². The Morgan fingerprint density at radius 1 is 1.47 bits per heavy atom. The predicted octanol–water partition coefficient (Wildman–Crippen LogP) is 0.602. The standard InChI is InChI=1S/C8H11N3O3S/c1-3-4-5-10-11-8(15-5)9-6(12)7(13)14-2/h3-4H2,1-2H3,(H,9,11,12). The first kappa shape index (κ1) is 11.6. The Labute approximate surface area is 90.7 Å². The van der Waals surface area contributed by atoms with Gasteiger partial charge in [-0.25, -0.2) is 4.79 Å². The van der Waals surface area contributed by atoms with Crippen molar-refractivity contribution < 1.29 is 14.3 Å². The lowest BCUT2D eigenvalue weighted by molar-refractivity contribution is -0.150. The van der Waals surface area contributed by atoms with Crippen LogP contribution in [0, 0.1) is 0 Å². The number of carbonyl (C=O) groups is 2. The van der Waals surface area contributed by atoms with E-state index in [2.05, 4.69) is 20.3 Å². The Balaban J connectivity index is 2.57. The monoisotopic (exact) mass is 229 g/mol. The van der Waals surface area contributed by atoms with E-state index in [1.807, 2.05) is 6.92 Å². The molecular weight excluding hydrogens is 218 g/mol. The number of ether oxygens (including phenoxy) is 1. The Kier molecular flexibility index (Phi) is 4.17. The van der Waals surface area contributed by atoms with Gasteiger partial charge in [-0.15, -0.1) is 10.2 Å². The average molecular weight is 229 g/mol. The summed E-state index contributed by atoms with van der Waals surface area (Å²) in [4.78, 5) is 21.8. The van der Waals surface area contributed by atoms with Crippen LogP contribution in [0.25, 0.3) is 0 Å². The number of anilines is 1. The van der Waals surface area contributed by atoms with Crippen molar-refractivity contribution >= 4 is 28.3 Å². The molecule has 1 aromatic rings. The zero-order valence-electron chi connectivity index (χ0n) is 8.44. The Hall–Kier alpha value is -1.50. The number of aryl methyl sites for hydroxylation is 1. The minimum absolute atomic E-state index is 0.314. The van der Waals surface area contributed by atoms with Gasteiger partial charge >= 0.3 is 11.9 Å². The summed E-state index contributed by atoms with van der Waals surface area (Å²) in [5, 5.41) is 11.0. The summed E-state index contributed by atoms with van der Waals surface area (Å²) in [5.74, 6) is -1.78. The second kappa shape index (κ2) is 5.40. The lowest BCUT2D eigenvalue weighted by Crippen LogP contribution is -2.23. The molecule has 0 aromatic carbocycles. The summed E-state index contributed by atoms with van der Waals surface area (Å²) < 4.78 is 4.24. The lowest BCUT2D eigenvalue weighted by atomic mass is 10.4. The molecule has 1 aromatic heterocycles. The Morgan fingerprint density at radius 3 is 2.80 bits per heavy atom. The number of hydrogen-bond acceptors (Lipinski definition) is 6. The van der Waals surface area contributed by atoms with Crippen molar-refractivity contribution in [1.29, 1.82) is 0 Å². The van der Waals surface area contributed by atoms with E-state index in [-0.39, 0.29) is 0 Å². The molecular formula is C8H11N3O3S. The molecule has 0 radical (unpaired) electrons. The molecule has 0 spiro atoms. The number of hydrogen-bond donors (Lipinski definition) is 1. The summed E-state index contributed by atoms with van der Waals surface area (Å²) in [7, 11) is 1.14. The number of carbonyl (C=O) groups excluding carboxylic acids is 2. The highest BCUT2D eigenvalue weighted by Crippen LogP contribution is 2.16. The highest BCUT2D eigenvalue weighted by molar-refractivity contribution is 7.15. The van der Waals surface area contributed by atoms with Gasteiger partial charge in [0.2, 0.25) is 5.13 Å². The molecule has 1 heterocycles. The average Bonchev–Trinajstić information content (AvgIpc) is 2.65. The molecule has 0 aliphatic heterocycles. The number of nitrogens with zero attached hydrogens (tertiary/aromatic N) is 2. The van der Waals surface area contributed by atoms with E-state index < -0.39 is 11.9 Å². The minimum atomic E-state index is -0.942. The van der Waals surface area contributed by atoms with Crippen LogP contribution in [0.15, 0.2) is 0 Å². The molecule has 15 heavy (non-hydrogen) atoms. The topological polar surface area (TPSA) is 81.2 Å². The quantitative estimate of drug-likeness (QED) is 0.606. The van der Waals surface area contributed by atoms with Crippen LogP contribution in [-0.4, -0.2) is 29.2 Å². The van der Waals surface area contributed by atoms with E-state index in [0.29, 0.717) is 5.13 Å². The number of amides is 1. The van der Waals surface area contributed by atoms with E-state index >= 15 is 0 Å². The van der Waals surface area contributed by atoms with Gasteiger partial charge in [0.1, 0.15) is 5.01 Å². The highest BCUT2D eigenvalue weighted by atomic mass is 32.1. The normalized spacial score (nSPS) is 9.73. The maximum Gasteiger partial charge on any atom is 0.396 e. The van der Waals surface area contributed by atoms with Gasteiger partial charge < -0.3 is 4.74 Å². The van der Waals surface area contributed by atoms with E-state index in [1.54, 1.807) is 0 Å². The lowest BCUT2D eigenvalue weighted by Gasteiger charge is -1.96. The summed E-state index contributed by atoms with van der Waals surface area (Å²) in [6.07, 6.45) is 1.77. The minimum Gasteiger partial charge on any atom is -0.462 e.